The minimum absolute atomic E-state index is 0.0361. The van der Waals surface area contributed by atoms with Crippen LogP contribution in [0.2, 0.25) is 0 Å². The zero-order valence-electron chi connectivity index (χ0n) is 7.90. The smallest absolute Gasteiger partial charge is 0.389 e. The summed E-state index contributed by atoms with van der Waals surface area (Å²) in [4.78, 5) is 0. The van der Waals surface area contributed by atoms with Gasteiger partial charge in [-0.05, 0) is 19.3 Å². The zero-order chi connectivity index (χ0) is 10.3. The molecular weight excluding hydrogens is 181 g/mol. The van der Waals surface area contributed by atoms with E-state index in [2.05, 4.69) is 0 Å². The van der Waals surface area contributed by atoms with Gasteiger partial charge < -0.3 is 5.11 Å². The van der Waals surface area contributed by atoms with Crippen LogP contribution in [0.4, 0.5) is 13.2 Å². The molecule has 0 heterocycles. The van der Waals surface area contributed by atoms with Gasteiger partial charge in [0, 0.05) is 6.42 Å². The molecule has 13 heavy (non-hydrogen) atoms. The van der Waals surface area contributed by atoms with Gasteiger partial charge in [-0.3, -0.25) is 0 Å². The fourth-order valence-corrected chi connectivity index (χ4v) is 1.12. The molecule has 0 aliphatic carbocycles. The van der Waals surface area contributed by atoms with Crippen LogP contribution in [-0.4, -0.2) is 17.4 Å². The molecule has 0 aromatic rings. The second kappa shape index (κ2) is 6.24. The topological polar surface area (TPSA) is 20.2 Å². The van der Waals surface area contributed by atoms with Gasteiger partial charge in [0.2, 0.25) is 0 Å². The molecular formula is C9H17F3O. The summed E-state index contributed by atoms with van der Waals surface area (Å²) in [6.45, 7) is 1.99. The van der Waals surface area contributed by atoms with E-state index in [4.69, 9.17) is 0 Å². The summed E-state index contributed by atoms with van der Waals surface area (Å²) in [7, 11) is 0. The zero-order valence-corrected chi connectivity index (χ0v) is 7.90. The van der Waals surface area contributed by atoms with E-state index < -0.39 is 18.7 Å². The normalized spacial score (nSPS) is 14.5. The molecule has 0 unspecified atom stereocenters. The van der Waals surface area contributed by atoms with Crippen molar-refractivity contribution in [3.63, 3.8) is 0 Å². The van der Waals surface area contributed by atoms with Crippen LogP contribution >= 0.6 is 0 Å². The lowest BCUT2D eigenvalue weighted by molar-refractivity contribution is -0.136. The lowest BCUT2D eigenvalue weighted by Crippen LogP contribution is -2.11. The third-order valence-electron chi connectivity index (χ3n) is 1.89. The van der Waals surface area contributed by atoms with Crippen LogP contribution in [-0.2, 0) is 0 Å². The second-order valence-electron chi connectivity index (χ2n) is 3.30. The Morgan fingerprint density at radius 3 is 2.15 bits per heavy atom. The first kappa shape index (κ1) is 12.8. The summed E-state index contributed by atoms with van der Waals surface area (Å²) < 4.78 is 35.0. The molecule has 80 valence electrons. The maximum absolute atomic E-state index is 11.7. The Balaban J connectivity index is 3.31. The van der Waals surface area contributed by atoms with Crippen molar-refractivity contribution in [3.8, 4) is 0 Å². The van der Waals surface area contributed by atoms with Crippen LogP contribution in [0.5, 0.6) is 0 Å². The molecule has 0 fully saturated rings. The van der Waals surface area contributed by atoms with Gasteiger partial charge in [-0.25, -0.2) is 0 Å². The van der Waals surface area contributed by atoms with Crippen molar-refractivity contribution in [2.24, 2.45) is 0 Å². The van der Waals surface area contributed by atoms with Gasteiger partial charge >= 0.3 is 6.18 Å². The molecule has 0 saturated heterocycles. The first-order chi connectivity index (χ1) is 5.95. The molecule has 0 rings (SSSR count). The van der Waals surface area contributed by atoms with E-state index in [1.807, 2.05) is 6.92 Å². The molecule has 4 heteroatoms. The van der Waals surface area contributed by atoms with Crippen molar-refractivity contribution < 1.29 is 18.3 Å². The molecule has 0 spiro atoms. The van der Waals surface area contributed by atoms with E-state index in [1.165, 1.54) is 0 Å². The van der Waals surface area contributed by atoms with Gasteiger partial charge in [-0.15, -0.1) is 0 Å². The largest absolute Gasteiger partial charge is 0.393 e. The van der Waals surface area contributed by atoms with E-state index in [1.54, 1.807) is 0 Å². The fourth-order valence-electron chi connectivity index (χ4n) is 1.12. The monoisotopic (exact) mass is 198 g/mol. The number of alkyl halides is 3. The standard InChI is InChI=1S/C9H17F3O/c1-2-3-5-8(13)6-4-7-9(10,11)12/h8,13H,2-7H2,1H3/t8-/m0/s1. The van der Waals surface area contributed by atoms with Gasteiger partial charge in [0.25, 0.3) is 0 Å². The molecule has 1 N–H and O–H groups in total. The van der Waals surface area contributed by atoms with E-state index in [0.717, 1.165) is 12.8 Å². The van der Waals surface area contributed by atoms with E-state index in [-0.39, 0.29) is 12.8 Å². The van der Waals surface area contributed by atoms with Gasteiger partial charge in [0.15, 0.2) is 0 Å². The van der Waals surface area contributed by atoms with Crippen molar-refractivity contribution in [2.75, 3.05) is 0 Å². The summed E-state index contributed by atoms with van der Waals surface area (Å²) in [6.07, 6.45) is -2.64. The van der Waals surface area contributed by atoms with Gasteiger partial charge in [-0.2, -0.15) is 13.2 Å². The minimum Gasteiger partial charge on any atom is -0.393 e. The molecule has 0 radical (unpaired) electrons. The third-order valence-corrected chi connectivity index (χ3v) is 1.89. The molecule has 0 bridgehead atoms. The van der Waals surface area contributed by atoms with Gasteiger partial charge in [0.05, 0.1) is 6.10 Å². The van der Waals surface area contributed by atoms with Crippen LogP contribution in [0.3, 0.4) is 0 Å². The van der Waals surface area contributed by atoms with Crippen LogP contribution in [0, 0.1) is 0 Å². The quantitative estimate of drug-likeness (QED) is 0.694. The number of aliphatic hydroxyl groups excluding tert-OH is 1. The van der Waals surface area contributed by atoms with Crippen LogP contribution in [0.1, 0.15) is 45.4 Å². The van der Waals surface area contributed by atoms with Crippen molar-refractivity contribution in [1.82, 2.24) is 0 Å². The number of aliphatic hydroxyl groups is 1. The number of hydrogen-bond acceptors (Lipinski definition) is 1. The molecule has 0 aromatic carbocycles. The Morgan fingerprint density at radius 2 is 1.69 bits per heavy atom. The Labute approximate surface area is 76.9 Å². The Morgan fingerprint density at radius 1 is 1.15 bits per heavy atom. The lowest BCUT2D eigenvalue weighted by atomic mass is 10.1. The predicted molar refractivity (Wildman–Crippen MR) is 45.4 cm³/mol. The maximum Gasteiger partial charge on any atom is 0.389 e. The van der Waals surface area contributed by atoms with Crippen LogP contribution in [0.25, 0.3) is 0 Å². The maximum atomic E-state index is 11.7. The minimum atomic E-state index is -4.08. The molecule has 0 aromatic heterocycles. The molecule has 1 nitrogen and oxygen atoms in total. The summed E-state index contributed by atoms with van der Waals surface area (Å²) in [5.74, 6) is 0. The van der Waals surface area contributed by atoms with Crippen molar-refractivity contribution in [1.29, 1.82) is 0 Å². The van der Waals surface area contributed by atoms with Crippen molar-refractivity contribution in [3.05, 3.63) is 0 Å². The van der Waals surface area contributed by atoms with Crippen LogP contribution in [0.15, 0.2) is 0 Å². The first-order valence-corrected chi connectivity index (χ1v) is 4.70. The van der Waals surface area contributed by atoms with E-state index in [9.17, 15) is 18.3 Å². The van der Waals surface area contributed by atoms with Crippen LogP contribution < -0.4 is 0 Å². The van der Waals surface area contributed by atoms with Crippen molar-refractivity contribution in [2.45, 2.75) is 57.7 Å². The number of halogens is 3. The Hall–Kier alpha value is -0.250. The summed E-state index contributed by atoms with van der Waals surface area (Å²) >= 11 is 0. The second-order valence-corrected chi connectivity index (χ2v) is 3.30. The fraction of sp³-hybridized carbons (Fsp3) is 1.00. The number of rotatable bonds is 6. The molecule has 0 aliphatic rings. The summed E-state index contributed by atoms with van der Waals surface area (Å²) in [5, 5.41) is 9.21. The van der Waals surface area contributed by atoms with E-state index >= 15 is 0 Å². The molecule has 1 atom stereocenters. The highest BCUT2D eigenvalue weighted by Gasteiger charge is 2.26. The highest BCUT2D eigenvalue weighted by molar-refractivity contribution is 4.58. The number of hydrogen-bond donors (Lipinski definition) is 1. The molecule has 0 saturated carbocycles. The lowest BCUT2D eigenvalue weighted by Gasteiger charge is -2.10. The highest BCUT2D eigenvalue weighted by atomic mass is 19.4. The van der Waals surface area contributed by atoms with E-state index in [0.29, 0.717) is 6.42 Å². The highest BCUT2D eigenvalue weighted by Crippen LogP contribution is 2.23. The van der Waals surface area contributed by atoms with Crippen molar-refractivity contribution >= 4 is 0 Å². The first-order valence-electron chi connectivity index (χ1n) is 4.70. The summed E-state index contributed by atoms with van der Waals surface area (Å²) in [6, 6.07) is 0. The molecule has 0 amide bonds. The molecule has 0 aliphatic heterocycles. The summed E-state index contributed by atoms with van der Waals surface area (Å²) in [5.41, 5.74) is 0. The Kier molecular flexibility index (Phi) is 6.12. The third kappa shape index (κ3) is 9.67. The van der Waals surface area contributed by atoms with Gasteiger partial charge in [0.1, 0.15) is 0 Å². The van der Waals surface area contributed by atoms with Gasteiger partial charge in [-0.1, -0.05) is 19.8 Å². The average molecular weight is 198 g/mol. The average Bonchev–Trinajstić information content (AvgIpc) is 1.98. The Bertz CT molecular complexity index is 123. The predicted octanol–water partition coefficient (Wildman–Crippen LogP) is 3.27. The number of unbranched alkanes of at least 4 members (excludes halogenated alkanes) is 1. The SMILES string of the molecule is CCCC[C@H](O)CCCC(F)(F)F.